The predicted molar refractivity (Wildman–Crippen MR) is 85.1 cm³/mol. The van der Waals surface area contributed by atoms with Gasteiger partial charge in [0, 0.05) is 17.2 Å². The lowest BCUT2D eigenvalue weighted by Gasteiger charge is -2.12. The molecule has 0 aliphatic rings. The first-order valence-corrected chi connectivity index (χ1v) is 6.96. The van der Waals surface area contributed by atoms with Gasteiger partial charge in [0.05, 0.1) is 4.92 Å². The van der Waals surface area contributed by atoms with Crippen molar-refractivity contribution in [2.75, 3.05) is 17.7 Å². The molecule has 1 aromatic carbocycles. The Morgan fingerprint density at radius 1 is 1.29 bits per heavy atom. The molecule has 0 bridgehead atoms. The molecule has 7 nitrogen and oxygen atoms in total. The van der Waals surface area contributed by atoms with E-state index < -0.39 is 4.92 Å². The molecule has 0 aliphatic heterocycles. The van der Waals surface area contributed by atoms with E-state index in [1.807, 2.05) is 25.1 Å². The van der Waals surface area contributed by atoms with Crippen molar-refractivity contribution in [1.82, 2.24) is 9.97 Å². The van der Waals surface area contributed by atoms with Crippen LogP contribution in [-0.4, -0.2) is 21.9 Å². The number of anilines is 3. The van der Waals surface area contributed by atoms with Gasteiger partial charge in [0.25, 0.3) is 0 Å². The molecule has 1 heterocycles. The number of nitrogens with one attached hydrogen (secondary N) is 2. The maximum absolute atomic E-state index is 11.2. The molecule has 0 fully saturated rings. The zero-order valence-corrected chi connectivity index (χ0v) is 13.4. The fourth-order valence-corrected chi connectivity index (χ4v) is 2.22. The summed E-state index contributed by atoms with van der Waals surface area (Å²) in [5.74, 6) is 0.492. The topological polar surface area (TPSA) is 93.0 Å². The molecule has 110 valence electrons. The number of benzene rings is 1. The summed E-state index contributed by atoms with van der Waals surface area (Å²) in [7, 11) is 1.66. The summed E-state index contributed by atoms with van der Waals surface area (Å²) in [6.07, 6.45) is 0. The van der Waals surface area contributed by atoms with Gasteiger partial charge in [0.1, 0.15) is 5.69 Å². The highest BCUT2D eigenvalue weighted by Crippen LogP contribution is 2.32. The first-order valence-electron chi connectivity index (χ1n) is 6.17. The summed E-state index contributed by atoms with van der Waals surface area (Å²) in [5.41, 5.74) is 1.85. The highest BCUT2D eigenvalue weighted by molar-refractivity contribution is 9.10. The lowest BCUT2D eigenvalue weighted by molar-refractivity contribution is -0.385. The van der Waals surface area contributed by atoms with Crippen LogP contribution in [0.5, 0.6) is 0 Å². The molecule has 0 unspecified atom stereocenters. The Kier molecular flexibility index (Phi) is 4.37. The van der Waals surface area contributed by atoms with Crippen molar-refractivity contribution in [2.45, 2.75) is 13.8 Å². The van der Waals surface area contributed by atoms with Gasteiger partial charge < -0.3 is 10.6 Å². The molecule has 0 spiro atoms. The standard InChI is InChI=1S/C13H14BrN5O2/c1-7-9(14)5-4-6-10(7)17-12-11(19(20)21)8(2)16-13(15-3)18-12/h4-6H,1-3H3,(H2,15,16,17,18). The van der Waals surface area contributed by atoms with Crippen molar-refractivity contribution >= 4 is 39.1 Å². The average molecular weight is 352 g/mol. The van der Waals surface area contributed by atoms with E-state index in [9.17, 15) is 10.1 Å². The van der Waals surface area contributed by atoms with Crippen molar-refractivity contribution in [2.24, 2.45) is 0 Å². The maximum atomic E-state index is 11.2. The van der Waals surface area contributed by atoms with Crippen LogP contribution in [-0.2, 0) is 0 Å². The fraction of sp³-hybridized carbons (Fsp3) is 0.231. The molecule has 0 amide bonds. The molecule has 1 aromatic heterocycles. The second kappa shape index (κ2) is 6.04. The minimum absolute atomic E-state index is 0.131. The van der Waals surface area contributed by atoms with Gasteiger partial charge in [-0.2, -0.15) is 4.98 Å². The molecule has 0 atom stereocenters. The Balaban J connectivity index is 2.54. The van der Waals surface area contributed by atoms with E-state index >= 15 is 0 Å². The summed E-state index contributed by atoms with van der Waals surface area (Å²) >= 11 is 3.43. The van der Waals surface area contributed by atoms with E-state index in [-0.39, 0.29) is 11.5 Å². The monoisotopic (exact) mass is 351 g/mol. The summed E-state index contributed by atoms with van der Waals surface area (Å²) in [6.45, 7) is 3.49. The summed E-state index contributed by atoms with van der Waals surface area (Å²) in [6, 6.07) is 5.58. The quantitative estimate of drug-likeness (QED) is 0.646. The molecule has 2 aromatic rings. The highest BCUT2D eigenvalue weighted by atomic mass is 79.9. The Hall–Kier alpha value is -2.22. The molecule has 0 radical (unpaired) electrons. The van der Waals surface area contributed by atoms with E-state index in [1.165, 1.54) is 0 Å². The largest absolute Gasteiger partial charge is 0.357 e. The number of aromatic nitrogens is 2. The zero-order chi connectivity index (χ0) is 15.6. The van der Waals surface area contributed by atoms with Crippen LogP contribution in [0.2, 0.25) is 0 Å². The number of nitrogens with zero attached hydrogens (tertiary/aromatic N) is 3. The van der Waals surface area contributed by atoms with Crippen LogP contribution >= 0.6 is 15.9 Å². The zero-order valence-electron chi connectivity index (χ0n) is 11.8. The second-order valence-corrected chi connectivity index (χ2v) is 5.23. The van der Waals surface area contributed by atoms with E-state index in [4.69, 9.17) is 0 Å². The van der Waals surface area contributed by atoms with Crippen molar-refractivity contribution in [1.29, 1.82) is 0 Å². The van der Waals surface area contributed by atoms with E-state index in [1.54, 1.807) is 14.0 Å². The minimum Gasteiger partial charge on any atom is -0.357 e. The number of aryl methyl sites for hydroxylation is 1. The second-order valence-electron chi connectivity index (χ2n) is 4.37. The van der Waals surface area contributed by atoms with Gasteiger partial charge in [0.2, 0.25) is 11.8 Å². The smallest absolute Gasteiger partial charge is 0.332 e. The van der Waals surface area contributed by atoms with Crippen molar-refractivity contribution in [3.63, 3.8) is 0 Å². The molecule has 2 rings (SSSR count). The molecule has 0 saturated heterocycles. The van der Waals surface area contributed by atoms with Crippen molar-refractivity contribution in [3.8, 4) is 0 Å². The van der Waals surface area contributed by atoms with Gasteiger partial charge >= 0.3 is 5.69 Å². The first-order chi connectivity index (χ1) is 9.93. The van der Waals surface area contributed by atoms with Gasteiger partial charge in [0.15, 0.2) is 0 Å². The fourth-order valence-electron chi connectivity index (χ4n) is 1.85. The minimum atomic E-state index is -0.482. The third-order valence-corrected chi connectivity index (χ3v) is 3.84. The molecular formula is C13H14BrN5O2. The molecule has 8 heteroatoms. The number of rotatable bonds is 4. The number of hydrogen-bond acceptors (Lipinski definition) is 6. The normalized spacial score (nSPS) is 10.3. The number of hydrogen-bond donors (Lipinski definition) is 2. The van der Waals surface area contributed by atoms with Crippen LogP contribution in [0.3, 0.4) is 0 Å². The van der Waals surface area contributed by atoms with Gasteiger partial charge in [-0.25, -0.2) is 4.98 Å². The van der Waals surface area contributed by atoms with Gasteiger partial charge in [-0.05, 0) is 31.5 Å². The third kappa shape index (κ3) is 3.10. The van der Waals surface area contributed by atoms with E-state index in [2.05, 4.69) is 36.5 Å². The molecule has 21 heavy (non-hydrogen) atoms. The van der Waals surface area contributed by atoms with Crippen LogP contribution in [0.15, 0.2) is 22.7 Å². The lowest BCUT2D eigenvalue weighted by Crippen LogP contribution is -2.07. The molecular weight excluding hydrogens is 338 g/mol. The Morgan fingerprint density at radius 3 is 2.62 bits per heavy atom. The molecule has 0 saturated carbocycles. The van der Waals surface area contributed by atoms with Crippen LogP contribution in [0.1, 0.15) is 11.3 Å². The SMILES string of the molecule is CNc1nc(C)c([N+](=O)[O-])c(Nc2cccc(Br)c2C)n1. The van der Waals surface area contributed by atoms with Crippen LogP contribution in [0, 0.1) is 24.0 Å². The predicted octanol–water partition coefficient (Wildman–Crippen LogP) is 3.55. The Morgan fingerprint density at radius 2 is 2.00 bits per heavy atom. The van der Waals surface area contributed by atoms with Crippen LogP contribution in [0.4, 0.5) is 23.1 Å². The van der Waals surface area contributed by atoms with Gasteiger partial charge in [-0.1, -0.05) is 22.0 Å². The first kappa shape index (κ1) is 15.2. The Bertz CT molecular complexity index is 705. The van der Waals surface area contributed by atoms with Crippen molar-refractivity contribution in [3.05, 3.63) is 44.0 Å². The van der Waals surface area contributed by atoms with Crippen LogP contribution < -0.4 is 10.6 Å². The lowest BCUT2D eigenvalue weighted by atomic mass is 10.2. The molecule has 0 aliphatic carbocycles. The Labute approximate surface area is 130 Å². The van der Waals surface area contributed by atoms with Crippen molar-refractivity contribution < 1.29 is 4.92 Å². The van der Waals surface area contributed by atoms with Crippen LogP contribution in [0.25, 0.3) is 0 Å². The summed E-state index contributed by atoms with van der Waals surface area (Å²) in [4.78, 5) is 18.9. The summed E-state index contributed by atoms with van der Waals surface area (Å²) < 4.78 is 0.912. The number of nitro groups is 1. The van der Waals surface area contributed by atoms with Gasteiger partial charge in [-0.3, -0.25) is 10.1 Å². The summed E-state index contributed by atoms with van der Waals surface area (Å²) in [5, 5.41) is 17.0. The molecule has 2 N–H and O–H groups in total. The maximum Gasteiger partial charge on any atom is 0.332 e. The highest BCUT2D eigenvalue weighted by Gasteiger charge is 2.22. The number of halogens is 1. The van der Waals surface area contributed by atoms with E-state index in [0.29, 0.717) is 11.6 Å². The van der Waals surface area contributed by atoms with E-state index in [0.717, 1.165) is 15.7 Å². The van der Waals surface area contributed by atoms with Gasteiger partial charge in [-0.15, -0.1) is 0 Å². The third-order valence-electron chi connectivity index (χ3n) is 2.99. The average Bonchev–Trinajstić information content (AvgIpc) is 2.42.